The van der Waals surface area contributed by atoms with Crippen LogP contribution in [0.15, 0.2) is 24.3 Å². The summed E-state index contributed by atoms with van der Waals surface area (Å²) in [5, 5.41) is 3.47. The van der Waals surface area contributed by atoms with Gasteiger partial charge < -0.3 is 5.32 Å². The zero-order valence-electron chi connectivity index (χ0n) is 10.4. The van der Waals surface area contributed by atoms with Crippen LogP contribution < -0.4 is 5.32 Å². The smallest absolute Gasteiger partial charge is 0.123 e. The SMILES string of the molecule is C#CCCCC(NCCC)c1ccc(F)cc1. The summed E-state index contributed by atoms with van der Waals surface area (Å²) in [4.78, 5) is 0. The molecule has 0 radical (unpaired) electrons. The zero-order valence-corrected chi connectivity index (χ0v) is 10.4. The molecule has 17 heavy (non-hydrogen) atoms. The van der Waals surface area contributed by atoms with Gasteiger partial charge in [0.15, 0.2) is 0 Å². The fraction of sp³-hybridized carbons (Fsp3) is 0.467. The van der Waals surface area contributed by atoms with Gasteiger partial charge in [-0.05, 0) is 43.5 Å². The molecule has 0 aliphatic rings. The minimum atomic E-state index is -0.188. The van der Waals surface area contributed by atoms with Crippen LogP contribution in [0.1, 0.15) is 44.2 Å². The van der Waals surface area contributed by atoms with Crippen molar-refractivity contribution in [1.29, 1.82) is 0 Å². The number of hydrogen-bond donors (Lipinski definition) is 1. The van der Waals surface area contributed by atoms with Crippen LogP contribution in [-0.4, -0.2) is 6.54 Å². The zero-order chi connectivity index (χ0) is 12.5. The Balaban J connectivity index is 2.61. The average molecular weight is 233 g/mol. The maximum absolute atomic E-state index is 12.9. The van der Waals surface area contributed by atoms with Crippen LogP contribution in [0.5, 0.6) is 0 Å². The maximum atomic E-state index is 12.9. The van der Waals surface area contributed by atoms with Crippen LogP contribution in [-0.2, 0) is 0 Å². The Bertz CT molecular complexity index is 350. The average Bonchev–Trinajstić information content (AvgIpc) is 2.35. The Morgan fingerprint density at radius 2 is 2.06 bits per heavy atom. The summed E-state index contributed by atoms with van der Waals surface area (Å²) in [5.41, 5.74) is 1.14. The predicted octanol–water partition coefficient (Wildman–Crippen LogP) is 3.67. The lowest BCUT2D eigenvalue weighted by Crippen LogP contribution is -2.22. The van der Waals surface area contributed by atoms with Crippen molar-refractivity contribution in [3.8, 4) is 12.3 Å². The van der Waals surface area contributed by atoms with Gasteiger partial charge in [-0.15, -0.1) is 12.3 Å². The fourth-order valence-electron chi connectivity index (χ4n) is 1.81. The van der Waals surface area contributed by atoms with Gasteiger partial charge in [-0.1, -0.05) is 19.1 Å². The van der Waals surface area contributed by atoms with E-state index in [9.17, 15) is 4.39 Å². The molecule has 1 aromatic rings. The van der Waals surface area contributed by atoms with Crippen LogP contribution >= 0.6 is 0 Å². The number of hydrogen-bond acceptors (Lipinski definition) is 1. The molecule has 1 unspecified atom stereocenters. The second-order valence-corrected chi connectivity index (χ2v) is 4.15. The summed E-state index contributed by atoms with van der Waals surface area (Å²) >= 11 is 0. The van der Waals surface area contributed by atoms with E-state index in [4.69, 9.17) is 6.42 Å². The summed E-state index contributed by atoms with van der Waals surface area (Å²) in [6, 6.07) is 7.00. The number of halogens is 1. The summed E-state index contributed by atoms with van der Waals surface area (Å²) in [7, 11) is 0. The molecule has 0 saturated heterocycles. The van der Waals surface area contributed by atoms with Crippen molar-refractivity contribution in [1.82, 2.24) is 5.32 Å². The van der Waals surface area contributed by atoms with E-state index in [2.05, 4.69) is 18.2 Å². The van der Waals surface area contributed by atoms with Gasteiger partial charge in [0.25, 0.3) is 0 Å². The Hall–Kier alpha value is -1.33. The normalized spacial score (nSPS) is 12.1. The highest BCUT2D eigenvalue weighted by Crippen LogP contribution is 2.19. The first-order valence-corrected chi connectivity index (χ1v) is 6.20. The molecule has 1 atom stereocenters. The van der Waals surface area contributed by atoms with Crippen molar-refractivity contribution in [2.24, 2.45) is 0 Å². The lowest BCUT2D eigenvalue weighted by molar-refractivity contribution is 0.486. The third kappa shape index (κ3) is 5.01. The summed E-state index contributed by atoms with van der Waals surface area (Å²) in [6.07, 6.45) is 9.13. The first-order chi connectivity index (χ1) is 8.27. The lowest BCUT2D eigenvalue weighted by Gasteiger charge is -2.18. The standard InChI is InChI=1S/C15H20FN/c1-3-5-6-7-15(17-12-4-2)13-8-10-14(16)11-9-13/h1,8-11,15,17H,4-7,12H2,2H3. The van der Waals surface area contributed by atoms with Crippen LogP contribution in [0.4, 0.5) is 4.39 Å². The van der Waals surface area contributed by atoms with Crippen LogP contribution in [0.2, 0.25) is 0 Å². The summed E-state index contributed by atoms with van der Waals surface area (Å²) in [6.45, 7) is 3.11. The molecular formula is C15H20FN. The van der Waals surface area contributed by atoms with E-state index in [1.54, 1.807) is 0 Å². The predicted molar refractivity (Wildman–Crippen MR) is 70.1 cm³/mol. The second kappa shape index (κ2) is 7.86. The molecular weight excluding hydrogens is 213 g/mol. The van der Waals surface area contributed by atoms with Gasteiger partial charge in [0.2, 0.25) is 0 Å². The van der Waals surface area contributed by atoms with Crippen molar-refractivity contribution in [2.75, 3.05) is 6.54 Å². The van der Waals surface area contributed by atoms with E-state index in [0.29, 0.717) is 0 Å². The van der Waals surface area contributed by atoms with Gasteiger partial charge >= 0.3 is 0 Å². The van der Waals surface area contributed by atoms with Crippen molar-refractivity contribution in [3.05, 3.63) is 35.6 Å². The lowest BCUT2D eigenvalue weighted by atomic mass is 10.0. The topological polar surface area (TPSA) is 12.0 Å². The van der Waals surface area contributed by atoms with E-state index >= 15 is 0 Å². The van der Waals surface area contributed by atoms with E-state index < -0.39 is 0 Å². The summed E-state index contributed by atoms with van der Waals surface area (Å²) < 4.78 is 12.9. The number of terminal acetylenes is 1. The highest BCUT2D eigenvalue weighted by Gasteiger charge is 2.09. The molecule has 1 aromatic carbocycles. The van der Waals surface area contributed by atoms with Crippen molar-refractivity contribution in [3.63, 3.8) is 0 Å². The molecule has 0 bridgehead atoms. The molecule has 0 aliphatic carbocycles. The van der Waals surface area contributed by atoms with E-state index in [1.807, 2.05) is 12.1 Å². The number of rotatable bonds is 7. The maximum Gasteiger partial charge on any atom is 0.123 e. The Morgan fingerprint density at radius 1 is 1.35 bits per heavy atom. The number of nitrogens with one attached hydrogen (secondary N) is 1. The van der Waals surface area contributed by atoms with E-state index in [-0.39, 0.29) is 11.9 Å². The molecule has 0 heterocycles. The minimum Gasteiger partial charge on any atom is -0.310 e. The Labute approximate surface area is 103 Å². The van der Waals surface area contributed by atoms with Crippen molar-refractivity contribution >= 4 is 0 Å². The molecule has 0 amide bonds. The monoisotopic (exact) mass is 233 g/mol. The Morgan fingerprint density at radius 3 is 2.65 bits per heavy atom. The van der Waals surface area contributed by atoms with E-state index in [0.717, 1.165) is 37.8 Å². The van der Waals surface area contributed by atoms with Crippen LogP contribution in [0, 0.1) is 18.2 Å². The second-order valence-electron chi connectivity index (χ2n) is 4.15. The molecule has 1 rings (SSSR count). The first kappa shape index (κ1) is 13.7. The minimum absolute atomic E-state index is 0.188. The van der Waals surface area contributed by atoms with Gasteiger partial charge in [-0.3, -0.25) is 0 Å². The molecule has 2 heteroatoms. The highest BCUT2D eigenvalue weighted by atomic mass is 19.1. The first-order valence-electron chi connectivity index (χ1n) is 6.20. The molecule has 1 N–H and O–H groups in total. The highest BCUT2D eigenvalue weighted by molar-refractivity contribution is 5.19. The van der Waals surface area contributed by atoms with Crippen molar-refractivity contribution < 1.29 is 4.39 Å². The molecule has 0 aliphatic heterocycles. The number of unbranched alkanes of at least 4 members (excludes halogenated alkanes) is 1. The Kier molecular flexibility index (Phi) is 6.35. The molecule has 0 aromatic heterocycles. The third-order valence-corrected chi connectivity index (χ3v) is 2.73. The third-order valence-electron chi connectivity index (χ3n) is 2.73. The molecule has 0 spiro atoms. The molecule has 92 valence electrons. The van der Waals surface area contributed by atoms with Gasteiger partial charge in [0.05, 0.1) is 0 Å². The largest absolute Gasteiger partial charge is 0.310 e. The van der Waals surface area contributed by atoms with Crippen LogP contribution in [0.25, 0.3) is 0 Å². The van der Waals surface area contributed by atoms with Gasteiger partial charge in [0.1, 0.15) is 5.82 Å². The number of benzene rings is 1. The molecule has 1 nitrogen and oxygen atoms in total. The fourth-order valence-corrected chi connectivity index (χ4v) is 1.81. The van der Waals surface area contributed by atoms with E-state index in [1.165, 1.54) is 12.1 Å². The van der Waals surface area contributed by atoms with Crippen molar-refractivity contribution in [2.45, 2.75) is 38.6 Å². The summed E-state index contributed by atoms with van der Waals surface area (Å²) in [5.74, 6) is 2.46. The van der Waals surface area contributed by atoms with Gasteiger partial charge in [-0.25, -0.2) is 4.39 Å². The van der Waals surface area contributed by atoms with Gasteiger partial charge in [0, 0.05) is 12.5 Å². The molecule has 0 fully saturated rings. The quantitative estimate of drug-likeness (QED) is 0.559. The van der Waals surface area contributed by atoms with Gasteiger partial charge in [-0.2, -0.15) is 0 Å². The van der Waals surface area contributed by atoms with Crippen LogP contribution in [0.3, 0.4) is 0 Å². The molecule has 0 saturated carbocycles.